The number of nitrogens with one attached hydrogen (secondary N) is 1. The van der Waals surface area contributed by atoms with E-state index in [0.717, 1.165) is 12.3 Å². The molecule has 2 aliphatic rings. The molecule has 0 amide bonds. The number of aliphatic carboxylic acids is 1. The minimum absolute atomic E-state index is 0.700. The third kappa shape index (κ3) is 6.77. The van der Waals surface area contributed by atoms with Crippen LogP contribution in [-0.4, -0.2) is 112 Å². The summed E-state index contributed by atoms with van der Waals surface area (Å²) in [4.78, 5) is 55.5. The second kappa shape index (κ2) is 11.1. The predicted molar refractivity (Wildman–Crippen MR) is 109 cm³/mol. The molecule has 0 bridgehead atoms. The number of aromatic amines is 1. The summed E-state index contributed by atoms with van der Waals surface area (Å²) in [5.41, 5.74) is -1.78. The quantitative estimate of drug-likeness (QED) is 0.124. The lowest BCUT2D eigenvalue weighted by Gasteiger charge is -2.38. The van der Waals surface area contributed by atoms with Gasteiger partial charge in [0.15, 0.2) is 18.6 Å². The van der Waals surface area contributed by atoms with Crippen LogP contribution in [-0.2, 0) is 36.8 Å². The first-order valence-electron chi connectivity index (χ1n) is 9.98. The number of phosphoric ester groups is 2. The highest BCUT2D eigenvalue weighted by atomic mass is 31.3. The van der Waals surface area contributed by atoms with Crippen molar-refractivity contribution in [3.63, 3.8) is 0 Å². The lowest BCUT2D eigenvalue weighted by atomic mass is 9.99. The summed E-state index contributed by atoms with van der Waals surface area (Å²) < 4.78 is 47.6. The number of carbonyl (C=O) groups is 1. The summed E-state index contributed by atoms with van der Waals surface area (Å²) in [5, 5.41) is 58.3. The number of hydrogen-bond donors (Lipinski definition) is 9. The van der Waals surface area contributed by atoms with E-state index < -0.39 is 94.7 Å². The number of aliphatic hydroxyl groups is 5. The minimum Gasteiger partial charge on any atom is -0.479 e. The molecule has 8 unspecified atom stereocenters. The van der Waals surface area contributed by atoms with E-state index in [9.17, 15) is 58.8 Å². The molecular weight excluding hydrogens is 558 g/mol. The maximum atomic E-state index is 12.2. The van der Waals surface area contributed by atoms with Crippen LogP contribution in [0.5, 0.6) is 0 Å². The predicted octanol–water partition coefficient (Wildman–Crippen LogP) is -4.70. The van der Waals surface area contributed by atoms with Crippen LogP contribution in [0.25, 0.3) is 0 Å². The lowest BCUT2D eigenvalue weighted by molar-refractivity contribution is -0.274. The van der Waals surface area contributed by atoms with E-state index in [2.05, 4.69) is 18.1 Å². The van der Waals surface area contributed by atoms with Gasteiger partial charge in [0.25, 0.3) is 5.56 Å². The van der Waals surface area contributed by atoms with Crippen LogP contribution in [0.2, 0.25) is 0 Å². The van der Waals surface area contributed by atoms with Crippen molar-refractivity contribution in [1.82, 2.24) is 9.55 Å². The molecule has 0 aliphatic carbocycles. The molecule has 20 nitrogen and oxygen atoms in total. The maximum absolute atomic E-state index is 12.2. The molecule has 2 saturated heterocycles. The van der Waals surface area contributed by atoms with Crippen LogP contribution in [0.3, 0.4) is 0 Å². The number of aromatic nitrogens is 2. The fourth-order valence-corrected chi connectivity index (χ4v) is 5.49. The van der Waals surface area contributed by atoms with Gasteiger partial charge in [-0.2, -0.15) is 4.31 Å². The first-order chi connectivity index (χ1) is 17.0. The summed E-state index contributed by atoms with van der Waals surface area (Å²) in [7, 11) is -11.3. The van der Waals surface area contributed by atoms with Crippen LogP contribution < -0.4 is 11.2 Å². The van der Waals surface area contributed by atoms with Crippen molar-refractivity contribution < 1.29 is 77.2 Å². The van der Waals surface area contributed by atoms with Crippen molar-refractivity contribution in [3.8, 4) is 0 Å². The van der Waals surface area contributed by atoms with Gasteiger partial charge in [-0.3, -0.25) is 23.4 Å². The topological polar surface area (TPSA) is 314 Å². The van der Waals surface area contributed by atoms with Gasteiger partial charge in [-0.15, -0.1) is 0 Å². The fourth-order valence-electron chi connectivity index (χ4n) is 3.34. The van der Waals surface area contributed by atoms with Crippen LogP contribution in [0.1, 0.15) is 6.23 Å². The third-order valence-corrected chi connectivity index (χ3v) is 7.72. The van der Waals surface area contributed by atoms with E-state index >= 15 is 0 Å². The zero-order valence-electron chi connectivity index (χ0n) is 18.1. The average Bonchev–Trinajstić information content (AvgIpc) is 3.05. The Bertz CT molecular complexity index is 1200. The Hall–Kier alpha value is -1.87. The molecule has 0 radical (unpaired) electrons. The van der Waals surface area contributed by atoms with Gasteiger partial charge in [-0.05, 0) is 0 Å². The summed E-state index contributed by atoms with van der Waals surface area (Å²) >= 11 is 0. The number of carboxylic acid groups (broad SMARTS) is 1. The highest BCUT2D eigenvalue weighted by molar-refractivity contribution is 7.61. The van der Waals surface area contributed by atoms with Gasteiger partial charge in [0.1, 0.15) is 36.6 Å². The number of rotatable bonds is 9. The van der Waals surface area contributed by atoms with Gasteiger partial charge in [0.2, 0.25) is 0 Å². The van der Waals surface area contributed by atoms with Gasteiger partial charge >= 0.3 is 27.3 Å². The second-order valence-corrected chi connectivity index (χ2v) is 10.7. The standard InChI is InChI=1S/C15H22N2O18P2/c18-5-1-2-17(15(26)16-5)12-9(22)6(19)4(32-12)3-31-36(27,28)35-37(29,30)34-14-10(23)7(20)8(21)11(33-14)13(24)25/h1-2,4,6-12,14,19-23H,3H2,(H,24,25)(H,27,28)(H,29,30)(H,16,18,26)/t4?,6?,7-,8+,9?,10?,11?,12?,14+/m0/s1. The Morgan fingerprint density at radius 3 is 2.22 bits per heavy atom. The molecule has 37 heavy (non-hydrogen) atoms. The zero-order chi connectivity index (χ0) is 27.9. The van der Waals surface area contributed by atoms with Gasteiger partial charge in [-0.25, -0.2) is 18.7 Å². The van der Waals surface area contributed by atoms with E-state index in [-0.39, 0.29) is 0 Å². The van der Waals surface area contributed by atoms with Gasteiger partial charge in [-0.1, -0.05) is 0 Å². The third-order valence-electron chi connectivity index (χ3n) is 5.12. The Labute approximate surface area is 204 Å². The molecule has 0 saturated carbocycles. The zero-order valence-corrected chi connectivity index (χ0v) is 19.8. The molecule has 11 atom stereocenters. The first-order valence-corrected chi connectivity index (χ1v) is 13.0. The maximum Gasteiger partial charge on any atom is 0.483 e. The molecule has 3 heterocycles. The summed E-state index contributed by atoms with van der Waals surface area (Å²) in [6, 6.07) is 0.910. The number of nitrogens with zero attached hydrogens (tertiary/aromatic N) is 1. The number of ether oxygens (including phenoxy) is 2. The van der Waals surface area contributed by atoms with Crippen molar-refractivity contribution in [2.24, 2.45) is 0 Å². The van der Waals surface area contributed by atoms with E-state index in [1.165, 1.54) is 0 Å². The molecule has 0 aromatic carbocycles. The molecule has 9 N–H and O–H groups in total. The summed E-state index contributed by atoms with van der Waals surface area (Å²) in [5.74, 6) is -1.85. The highest BCUT2D eigenvalue weighted by Crippen LogP contribution is 2.61. The smallest absolute Gasteiger partial charge is 0.479 e. The Morgan fingerprint density at radius 2 is 1.62 bits per heavy atom. The van der Waals surface area contributed by atoms with Gasteiger partial charge in [0.05, 0.1) is 6.61 Å². The molecule has 0 spiro atoms. The minimum atomic E-state index is -5.72. The van der Waals surface area contributed by atoms with E-state index in [4.69, 9.17) is 9.84 Å². The number of phosphoric acid groups is 2. The monoisotopic (exact) mass is 580 g/mol. The molecule has 22 heteroatoms. The Kier molecular flexibility index (Phi) is 8.89. The van der Waals surface area contributed by atoms with Crippen LogP contribution in [0, 0.1) is 0 Å². The number of aliphatic hydroxyl groups excluding tert-OH is 5. The van der Waals surface area contributed by atoms with Crippen LogP contribution >= 0.6 is 15.6 Å². The van der Waals surface area contributed by atoms with Crippen molar-refractivity contribution in [3.05, 3.63) is 33.1 Å². The molecule has 1 aromatic heterocycles. The average molecular weight is 580 g/mol. The molecule has 2 fully saturated rings. The number of hydrogen-bond acceptors (Lipinski definition) is 15. The lowest BCUT2D eigenvalue weighted by Crippen LogP contribution is -2.60. The van der Waals surface area contributed by atoms with Crippen LogP contribution in [0.4, 0.5) is 0 Å². The van der Waals surface area contributed by atoms with E-state index in [0.29, 0.717) is 4.57 Å². The summed E-state index contributed by atoms with van der Waals surface area (Å²) in [6.45, 7) is -1.07. The number of H-pyrrole nitrogens is 1. The number of carboxylic acids is 1. The Morgan fingerprint density at radius 1 is 0.973 bits per heavy atom. The molecular formula is C15H22N2O18P2. The van der Waals surface area contributed by atoms with Crippen LogP contribution in [0.15, 0.2) is 21.9 Å². The largest absolute Gasteiger partial charge is 0.483 e. The molecule has 210 valence electrons. The first kappa shape index (κ1) is 29.7. The van der Waals surface area contributed by atoms with E-state index in [1.54, 1.807) is 0 Å². The van der Waals surface area contributed by atoms with Crippen molar-refractivity contribution in [2.75, 3.05) is 6.61 Å². The molecule has 2 aliphatic heterocycles. The summed E-state index contributed by atoms with van der Waals surface area (Å²) in [6.07, 6.45) is -17.2. The van der Waals surface area contributed by atoms with Gasteiger partial charge in [0, 0.05) is 12.3 Å². The van der Waals surface area contributed by atoms with Crippen molar-refractivity contribution in [1.29, 1.82) is 0 Å². The van der Waals surface area contributed by atoms with Crippen molar-refractivity contribution in [2.45, 2.75) is 55.2 Å². The second-order valence-electron chi connectivity index (χ2n) is 7.72. The SMILES string of the molecule is O=C(O)C1O[C@H](OP(=O)(O)OP(=O)(O)OCC2OC(n3ccc(=O)[nH]c3=O)C(O)C2O)C(O)[C@@H](O)[C@H]1O. The van der Waals surface area contributed by atoms with Crippen molar-refractivity contribution >= 4 is 21.6 Å². The highest BCUT2D eigenvalue weighted by Gasteiger charge is 2.51. The molecule has 1 aromatic rings. The Balaban J connectivity index is 1.63. The normalized spacial score (nSPS) is 37.5. The fraction of sp³-hybridized carbons (Fsp3) is 0.667. The van der Waals surface area contributed by atoms with E-state index in [1.807, 2.05) is 4.98 Å². The molecule has 3 rings (SSSR count). The van der Waals surface area contributed by atoms with Gasteiger partial charge < -0.3 is 49.9 Å².